The number of hydrogen-bond acceptors (Lipinski definition) is 2. The SMILES string of the molecule is CC1[C@H](C)N1N. The summed E-state index contributed by atoms with van der Waals surface area (Å²) < 4.78 is 0. The molecule has 3 atom stereocenters. The van der Waals surface area contributed by atoms with Gasteiger partial charge in [0.05, 0.1) is 0 Å². The van der Waals surface area contributed by atoms with Crippen LogP contribution in [0.15, 0.2) is 0 Å². The number of nitrogens with two attached hydrogens (primary N) is 1. The van der Waals surface area contributed by atoms with Crippen molar-refractivity contribution in [3.8, 4) is 0 Å². The Labute approximate surface area is 37.9 Å². The van der Waals surface area contributed by atoms with Gasteiger partial charge in [0.1, 0.15) is 0 Å². The average Bonchev–Trinajstić information content (AvgIpc) is 1.94. The Morgan fingerprint density at radius 3 is 1.50 bits per heavy atom. The van der Waals surface area contributed by atoms with E-state index in [9.17, 15) is 0 Å². The summed E-state index contributed by atoms with van der Waals surface area (Å²) in [7, 11) is 0. The van der Waals surface area contributed by atoms with Crippen molar-refractivity contribution in [2.75, 3.05) is 0 Å². The lowest BCUT2D eigenvalue weighted by molar-refractivity contribution is 0.524. The zero-order valence-corrected chi connectivity index (χ0v) is 4.18. The molecular formula is C4H10N2. The second-order valence-corrected chi connectivity index (χ2v) is 1.93. The monoisotopic (exact) mass is 86.1 g/mol. The van der Waals surface area contributed by atoms with Gasteiger partial charge in [0.25, 0.3) is 0 Å². The number of nitrogens with zero attached hydrogens (tertiary/aromatic N) is 1. The minimum Gasteiger partial charge on any atom is -0.268 e. The first-order chi connectivity index (χ1) is 2.73. The molecule has 0 bridgehead atoms. The van der Waals surface area contributed by atoms with Crippen LogP contribution in [0.25, 0.3) is 0 Å². The molecule has 0 aliphatic carbocycles. The molecule has 2 heteroatoms. The lowest BCUT2D eigenvalue weighted by atomic mass is 10.4. The molecule has 0 radical (unpaired) electrons. The first kappa shape index (κ1) is 4.09. The summed E-state index contributed by atoms with van der Waals surface area (Å²) in [6.45, 7) is 4.23. The van der Waals surface area contributed by atoms with Crippen molar-refractivity contribution in [3.63, 3.8) is 0 Å². The number of hydrazine groups is 1. The molecule has 1 aliphatic rings. The average molecular weight is 86.1 g/mol. The molecule has 0 spiro atoms. The van der Waals surface area contributed by atoms with E-state index in [1.807, 2.05) is 5.01 Å². The van der Waals surface area contributed by atoms with Crippen LogP contribution in [-0.2, 0) is 0 Å². The van der Waals surface area contributed by atoms with Crippen molar-refractivity contribution >= 4 is 0 Å². The largest absolute Gasteiger partial charge is 0.268 e. The van der Waals surface area contributed by atoms with Crippen LogP contribution >= 0.6 is 0 Å². The minimum absolute atomic E-state index is 0.630. The molecule has 0 aromatic rings. The van der Waals surface area contributed by atoms with E-state index < -0.39 is 0 Å². The molecule has 0 saturated carbocycles. The summed E-state index contributed by atoms with van der Waals surface area (Å²) in [6.07, 6.45) is 0. The predicted molar refractivity (Wildman–Crippen MR) is 25.0 cm³/mol. The first-order valence-corrected chi connectivity index (χ1v) is 2.26. The van der Waals surface area contributed by atoms with Gasteiger partial charge in [-0.3, -0.25) is 5.84 Å². The summed E-state index contributed by atoms with van der Waals surface area (Å²) in [5.74, 6) is 5.34. The fourth-order valence-electron chi connectivity index (χ4n) is 0.532. The van der Waals surface area contributed by atoms with Gasteiger partial charge in [-0.1, -0.05) is 0 Å². The fraction of sp³-hybridized carbons (Fsp3) is 1.00. The fourth-order valence-corrected chi connectivity index (χ4v) is 0.532. The highest BCUT2D eigenvalue weighted by atomic mass is 15.5. The maximum Gasteiger partial charge on any atom is 0.0383 e. The van der Waals surface area contributed by atoms with Crippen LogP contribution < -0.4 is 5.84 Å². The second-order valence-electron chi connectivity index (χ2n) is 1.93. The summed E-state index contributed by atoms with van der Waals surface area (Å²) in [6, 6.07) is 1.26. The Hall–Kier alpha value is -0.0800. The molecule has 0 aromatic heterocycles. The van der Waals surface area contributed by atoms with E-state index in [0.29, 0.717) is 12.1 Å². The molecule has 1 saturated heterocycles. The highest BCUT2D eigenvalue weighted by Crippen LogP contribution is 2.19. The third-order valence-electron chi connectivity index (χ3n) is 1.55. The molecule has 0 amide bonds. The Morgan fingerprint density at radius 1 is 1.33 bits per heavy atom. The van der Waals surface area contributed by atoms with Crippen LogP contribution in [0, 0.1) is 0 Å². The second kappa shape index (κ2) is 0.950. The van der Waals surface area contributed by atoms with Gasteiger partial charge in [0, 0.05) is 12.1 Å². The van der Waals surface area contributed by atoms with Crippen molar-refractivity contribution < 1.29 is 0 Å². The van der Waals surface area contributed by atoms with Gasteiger partial charge in [-0.05, 0) is 13.8 Å². The summed E-state index contributed by atoms with van der Waals surface area (Å²) >= 11 is 0. The van der Waals surface area contributed by atoms with Crippen LogP contribution in [-0.4, -0.2) is 17.1 Å². The zero-order valence-electron chi connectivity index (χ0n) is 4.18. The van der Waals surface area contributed by atoms with E-state index in [2.05, 4.69) is 13.8 Å². The van der Waals surface area contributed by atoms with E-state index in [4.69, 9.17) is 5.84 Å². The molecule has 2 nitrogen and oxygen atoms in total. The minimum atomic E-state index is 0.630. The molecule has 0 aromatic carbocycles. The van der Waals surface area contributed by atoms with Crippen LogP contribution in [0.4, 0.5) is 0 Å². The van der Waals surface area contributed by atoms with Crippen LogP contribution in [0.2, 0.25) is 0 Å². The Morgan fingerprint density at radius 2 is 1.50 bits per heavy atom. The molecule has 1 rings (SSSR count). The predicted octanol–water partition coefficient (Wildman–Crippen LogP) is -0.0473. The van der Waals surface area contributed by atoms with Gasteiger partial charge in [0.15, 0.2) is 0 Å². The summed E-state index contributed by atoms with van der Waals surface area (Å²) in [5, 5.41) is 1.83. The van der Waals surface area contributed by atoms with Crippen molar-refractivity contribution in [1.29, 1.82) is 0 Å². The lowest BCUT2D eigenvalue weighted by Gasteiger charge is -1.79. The Bertz CT molecular complexity index is 42.3. The maximum absolute atomic E-state index is 5.34. The third kappa shape index (κ3) is 0.340. The first-order valence-electron chi connectivity index (χ1n) is 2.26. The van der Waals surface area contributed by atoms with Gasteiger partial charge in [-0.2, -0.15) is 0 Å². The summed E-state index contributed by atoms with van der Waals surface area (Å²) in [5.41, 5.74) is 0. The van der Waals surface area contributed by atoms with Gasteiger partial charge in [0.2, 0.25) is 0 Å². The van der Waals surface area contributed by atoms with Crippen molar-refractivity contribution in [1.82, 2.24) is 5.01 Å². The van der Waals surface area contributed by atoms with E-state index >= 15 is 0 Å². The molecule has 2 N–H and O–H groups in total. The molecule has 2 unspecified atom stereocenters. The van der Waals surface area contributed by atoms with Crippen molar-refractivity contribution in [2.45, 2.75) is 25.9 Å². The van der Waals surface area contributed by atoms with E-state index in [1.54, 1.807) is 0 Å². The zero-order chi connectivity index (χ0) is 4.73. The Kier molecular flexibility index (Phi) is 0.648. The molecule has 1 heterocycles. The molecular weight excluding hydrogens is 76.1 g/mol. The quantitative estimate of drug-likeness (QED) is 0.331. The highest BCUT2D eigenvalue weighted by molar-refractivity contribution is 4.90. The lowest BCUT2D eigenvalue weighted by Crippen LogP contribution is -2.08. The van der Waals surface area contributed by atoms with E-state index in [-0.39, 0.29) is 0 Å². The molecule has 36 valence electrons. The molecule has 1 fully saturated rings. The van der Waals surface area contributed by atoms with Crippen LogP contribution in [0.5, 0.6) is 0 Å². The van der Waals surface area contributed by atoms with E-state index in [0.717, 1.165) is 0 Å². The highest BCUT2D eigenvalue weighted by Gasteiger charge is 2.36. The summed E-state index contributed by atoms with van der Waals surface area (Å²) in [4.78, 5) is 0. The van der Waals surface area contributed by atoms with Crippen molar-refractivity contribution in [2.24, 2.45) is 5.84 Å². The van der Waals surface area contributed by atoms with Crippen molar-refractivity contribution in [3.05, 3.63) is 0 Å². The normalized spacial score (nSPS) is 55.5. The van der Waals surface area contributed by atoms with Crippen LogP contribution in [0.1, 0.15) is 13.8 Å². The van der Waals surface area contributed by atoms with Crippen LogP contribution in [0.3, 0.4) is 0 Å². The van der Waals surface area contributed by atoms with E-state index in [1.165, 1.54) is 0 Å². The van der Waals surface area contributed by atoms with Gasteiger partial charge >= 0.3 is 0 Å². The molecule has 6 heavy (non-hydrogen) atoms. The van der Waals surface area contributed by atoms with Gasteiger partial charge in [-0.25, -0.2) is 5.01 Å². The van der Waals surface area contributed by atoms with Gasteiger partial charge < -0.3 is 0 Å². The topological polar surface area (TPSA) is 29.0 Å². The standard InChI is InChI=1S/C4H10N2/c1-3-4(2)6(3)5/h3-4H,5H2,1-2H3/t3-,4?,6?/m0/s1. The maximum atomic E-state index is 5.34. The van der Waals surface area contributed by atoms with Gasteiger partial charge in [-0.15, -0.1) is 0 Å². The number of hydrogen-bond donors (Lipinski definition) is 1. The third-order valence-corrected chi connectivity index (χ3v) is 1.55. The smallest absolute Gasteiger partial charge is 0.0383 e. The Balaban J connectivity index is 2.31. The number of rotatable bonds is 0. The molecule has 1 aliphatic heterocycles.